The maximum absolute atomic E-state index is 12.3. The molecule has 2 aromatic heterocycles. The highest BCUT2D eigenvalue weighted by atomic mass is 35.5. The first-order valence-corrected chi connectivity index (χ1v) is 11.9. The van der Waals surface area contributed by atoms with Gasteiger partial charge >= 0.3 is 12.1 Å². The number of carbonyl (C=O) groups is 2. The summed E-state index contributed by atoms with van der Waals surface area (Å²) in [6, 6.07) is 8.69. The van der Waals surface area contributed by atoms with Crippen LogP contribution < -0.4 is 10.6 Å². The zero-order valence-corrected chi connectivity index (χ0v) is 20.9. The lowest BCUT2D eigenvalue weighted by Gasteiger charge is -2.38. The molecule has 1 aromatic carbocycles. The van der Waals surface area contributed by atoms with Crippen molar-refractivity contribution in [2.75, 3.05) is 18.4 Å². The Morgan fingerprint density at radius 3 is 2.71 bits per heavy atom. The number of aryl methyl sites for hydroxylation is 1. The van der Waals surface area contributed by atoms with E-state index in [4.69, 9.17) is 16.3 Å². The van der Waals surface area contributed by atoms with Crippen molar-refractivity contribution in [2.24, 2.45) is 0 Å². The molecule has 1 fully saturated rings. The fourth-order valence-electron chi connectivity index (χ4n) is 3.33. The number of benzene rings is 1. The van der Waals surface area contributed by atoms with Gasteiger partial charge in [0.2, 0.25) is 0 Å². The minimum absolute atomic E-state index is 0.131. The molecule has 0 bridgehead atoms. The number of hydrogen-bond donors (Lipinski definition) is 2. The third kappa shape index (κ3) is 5.84. The van der Waals surface area contributed by atoms with E-state index in [0.29, 0.717) is 28.9 Å². The summed E-state index contributed by atoms with van der Waals surface area (Å²) in [5.74, 6) is 0.552. The number of likely N-dealkylation sites (tertiary alicyclic amines) is 1. The molecule has 3 heterocycles. The van der Waals surface area contributed by atoms with Gasteiger partial charge in [-0.25, -0.2) is 14.3 Å². The topological polar surface area (TPSA) is 114 Å². The fourth-order valence-corrected chi connectivity index (χ4v) is 4.38. The summed E-state index contributed by atoms with van der Waals surface area (Å²) in [4.78, 5) is 26.1. The molecule has 3 amide bonds. The third-order valence-corrected chi connectivity index (χ3v) is 6.27. The molecule has 0 spiro atoms. The Bertz CT molecular complexity index is 1200. The van der Waals surface area contributed by atoms with E-state index in [2.05, 4.69) is 25.9 Å². The van der Waals surface area contributed by atoms with Gasteiger partial charge in [0.05, 0.1) is 12.2 Å². The number of ether oxygens (including phenoxy) is 1. The molecule has 0 atom stereocenters. The molecule has 1 aliphatic heterocycles. The molecule has 10 nitrogen and oxygen atoms in total. The number of hydrogen-bond acceptors (Lipinski definition) is 7. The van der Waals surface area contributed by atoms with Crippen LogP contribution in [0.5, 0.6) is 0 Å². The van der Waals surface area contributed by atoms with Crippen LogP contribution in [0.4, 0.5) is 15.4 Å². The van der Waals surface area contributed by atoms with E-state index in [9.17, 15) is 9.59 Å². The van der Waals surface area contributed by atoms with Gasteiger partial charge in [-0.2, -0.15) is 0 Å². The zero-order chi connectivity index (χ0) is 24.5. The number of urea groups is 1. The molecule has 0 radical (unpaired) electrons. The predicted molar refractivity (Wildman–Crippen MR) is 130 cm³/mol. The Kier molecular flexibility index (Phi) is 6.76. The molecule has 2 N–H and O–H groups in total. The van der Waals surface area contributed by atoms with Crippen LogP contribution >= 0.6 is 22.9 Å². The number of nitrogens with one attached hydrogen (secondary N) is 2. The van der Waals surface area contributed by atoms with Gasteiger partial charge in [-0.05, 0) is 45.9 Å². The normalized spacial score (nSPS) is 14.0. The molecule has 0 aliphatic carbocycles. The molecule has 0 unspecified atom stereocenters. The summed E-state index contributed by atoms with van der Waals surface area (Å²) >= 11 is 7.48. The number of aromatic nitrogens is 4. The second-order valence-corrected chi connectivity index (χ2v) is 10.5. The van der Waals surface area contributed by atoms with Gasteiger partial charge in [0, 0.05) is 35.8 Å². The number of nitrogens with zero attached hydrogens (tertiary/aromatic N) is 5. The smallest absolute Gasteiger partial charge is 0.410 e. The molecule has 0 saturated carbocycles. The third-order valence-electron chi connectivity index (χ3n) is 4.95. The summed E-state index contributed by atoms with van der Waals surface area (Å²) in [5.41, 5.74) is 1.14. The lowest BCUT2D eigenvalue weighted by Crippen LogP contribution is -2.50. The Balaban J connectivity index is 1.26. The Labute approximate surface area is 206 Å². The fraction of sp³-hybridized carbons (Fsp3) is 0.409. The van der Waals surface area contributed by atoms with Gasteiger partial charge < -0.3 is 15.0 Å². The van der Waals surface area contributed by atoms with Crippen LogP contribution in [0.2, 0.25) is 5.02 Å². The summed E-state index contributed by atoms with van der Waals surface area (Å²) in [5, 5.41) is 20.4. The van der Waals surface area contributed by atoms with Gasteiger partial charge in [0.15, 0.2) is 5.82 Å². The monoisotopic (exact) mass is 503 g/mol. The summed E-state index contributed by atoms with van der Waals surface area (Å²) < 4.78 is 7.08. The molecule has 3 aromatic rings. The molecule has 4 rings (SSSR count). The maximum atomic E-state index is 12.3. The highest BCUT2D eigenvalue weighted by Gasteiger charge is 2.36. The second kappa shape index (κ2) is 9.59. The molecule has 12 heteroatoms. The average Bonchev–Trinajstić information content (AvgIpc) is 3.30. The van der Waals surface area contributed by atoms with E-state index < -0.39 is 11.6 Å². The molecule has 180 valence electrons. The van der Waals surface area contributed by atoms with E-state index in [1.807, 2.05) is 39.8 Å². The highest BCUT2D eigenvalue weighted by Crippen LogP contribution is 2.30. The van der Waals surface area contributed by atoms with Crippen molar-refractivity contribution in [3.8, 4) is 5.69 Å². The number of carbonyl (C=O) groups excluding carboxylic acids is 2. The van der Waals surface area contributed by atoms with Crippen LogP contribution in [0.25, 0.3) is 5.69 Å². The lowest BCUT2D eigenvalue weighted by atomic mass is 10.0. The van der Waals surface area contributed by atoms with Gasteiger partial charge in [0.25, 0.3) is 0 Å². The van der Waals surface area contributed by atoms with E-state index in [0.717, 1.165) is 16.4 Å². The van der Waals surface area contributed by atoms with Gasteiger partial charge in [0.1, 0.15) is 15.6 Å². The number of anilines is 1. The summed E-state index contributed by atoms with van der Waals surface area (Å²) in [6.45, 7) is 8.75. The molecule has 1 saturated heterocycles. The van der Waals surface area contributed by atoms with Crippen molar-refractivity contribution in [1.82, 2.24) is 30.2 Å². The number of rotatable bonds is 5. The minimum atomic E-state index is -0.517. The van der Waals surface area contributed by atoms with Crippen LogP contribution in [-0.2, 0) is 11.3 Å². The van der Waals surface area contributed by atoms with Gasteiger partial charge in [-0.1, -0.05) is 29.0 Å². The second-order valence-electron chi connectivity index (χ2n) is 8.99. The summed E-state index contributed by atoms with van der Waals surface area (Å²) in [7, 11) is 0. The van der Waals surface area contributed by atoms with Crippen molar-refractivity contribution < 1.29 is 14.3 Å². The van der Waals surface area contributed by atoms with Crippen molar-refractivity contribution in [3.63, 3.8) is 0 Å². The van der Waals surface area contributed by atoms with Crippen LogP contribution in [0.15, 0.2) is 30.3 Å². The quantitative estimate of drug-likeness (QED) is 0.535. The van der Waals surface area contributed by atoms with Crippen LogP contribution in [0.1, 0.15) is 42.4 Å². The average molecular weight is 504 g/mol. The SMILES string of the molecule is Cc1cc(NC(=O)NCc2nnc(C3CN(C(=O)OC(C)(C)C)C3)s2)nn1-c1cccc(Cl)c1. The highest BCUT2D eigenvalue weighted by molar-refractivity contribution is 7.11. The van der Waals surface area contributed by atoms with Crippen molar-refractivity contribution >= 4 is 40.9 Å². The zero-order valence-electron chi connectivity index (χ0n) is 19.3. The van der Waals surface area contributed by atoms with E-state index in [1.165, 1.54) is 11.3 Å². The Hall–Kier alpha value is -3.18. The number of halogens is 1. The number of amides is 3. The minimum Gasteiger partial charge on any atom is -0.444 e. The molecular weight excluding hydrogens is 478 g/mol. The van der Waals surface area contributed by atoms with Crippen molar-refractivity contribution in [3.05, 3.63) is 51.1 Å². The molecule has 34 heavy (non-hydrogen) atoms. The van der Waals surface area contributed by atoms with Gasteiger partial charge in [-0.15, -0.1) is 15.3 Å². The van der Waals surface area contributed by atoms with E-state index in [-0.39, 0.29) is 18.6 Å². The molecule has 1 aliphatic rings. The van der Waals surface area contributed by atoms with Crippen LogP contribution in [0, 0.1) is 6.92 Å². The Morgan fingerprint density at radius 2 is 2.00 bits per heavy atom. The summed E-state index contributed by atoms with van der Waals surface area (Å²) in [6.07, 6.45) is -0.320. The molecular formula is C22H26ClN7O3S. The lowest BCUT2D eigenvalue weighted by molar-refractivity contribution is 0.00813. The maximum Gasteiger partial charge on any atom is 0.410 e. The first-order chi connectivity index (χ1) is 16.1. The van der Waals surface area contributed by atoms with Crippen LogP contribution in [0.3, 0.4) is 0 Å². The van der Waals surface area contributed by atoms with Crippen molar-refractivity contribution in [1.29, 1.82) is 0 Å². The van der Waals surface area contributed by atoms with Gasteiger partial charge in [-0.3, -0.25) is 5.32 Å². The van der Waals surface area contributed by atoms with Crippen LogP contribution in [-0.4, -0.2) is 55.7 Å². The van der Waals surface area contributed by atoms with E-state index in [1.54, 1.807) is 27.8 Å². The largest absolute Gasteiger partial charge is 0.444 e. The first-order valence-electron chi connectivity index (χ1n) is 10.7. The predicted octanol–water partition coefficient (Wildman–Crippen LogP) is 4.34. The Morgan fingerprint density at radius 1 is 1.24 bits per heavy atom. The standard InChI is InChI=1S/C22H26ClN7O3S/c1-13-8-17(28-30(13)16-7-5-6-15(23)9-16)25-20(31)24-10-18-26-27-19(34-18)14-11-29(12-14)21(32)33-22(2,3)4/h5-9,14H,10-12H2,1-4H3,(H2,24,25,28,31). The first kappa shape index (κ1) is 24.0. The van der Waals surface area contributed by atoms with Crippen molar-refractivity contribution in [2.45, 2.75) is 45.8 Å². The van der Waals surface area contributed by atoms with E-state index >= 15 is 0 Å².